The molecule has 2 N–H and O–H groups in total. The van der Waals surface area contributed by atoms with Crippen LogP contribution in [0.2, 0.25) is 0 Å². The third-order valence-electron chi connectivity index (χ3n) is 4.00. The van der Waals surface area contributed by atoms with Gasteiger partial charge < -0.3 is 10.3 Å². The largest absolute Gasteiger partial charge is 0.384 e. The molecule has 1 fully saturated rings. The molecule has 0 bridgehead atoms. The Morgan fingerprint density at radius 1 is 1.24 bits per heavy atom. The first-order valence-electron chi connectivity index (χ1n) is 7.10. The summed E-state index contributed by atoms with van der Waals surface area (Å²) in [7, 11) is 0. The second-order valence-electron chi connectivity index (χ2n) is 5.17. The van der Waals surface area contributed by atoms with Gasteiger partial charge in [0.2, 0.25) is 0 Å². The van der Waals surface area contributed by atoms with Gasteiger partial charge in [-0.15, -0.1) is 0 Å². The minimum Gasteiger partial charge on any atom is -0.384 e. The third kappa shape index (κ3) is 2.64. The summed E-state index contributed by atoms with van der Waals surface area (Å²) in [5.74, 6) is 2.88. The zero-order valence-corrected chi connectivity index (χ0v) is 11.2. The van der Waals surface area contributed by atoms with Gasteiger partial charge in [0, 0.05) is 13.0 Å². The SMILES string of the molecule is CCc1nc(CC2CCCCC2)c(N)n1CC. The maximum atomic E-state index is 6.21. The van der Waals surface area contributed by atoms with Crippen LogP contribution in [0.3, 0.4) is 0 Å². The van der Waals surface area contributed by atoms with Crippen LogP contribution in [0.1, 0.15) is 57.5 Å². The van der Waals surface area contributed by atoms with Gasteiger partial charge in [-0.3, -0.25) is 0 Å². The molecular formula is C14H25N3. The molecule has 3 heteroatoms. The summed E-state index contributed by atoms with van der Waals surface area (Å²) < 4.78 is 2.16. The molecule has 0 unspecified atom stereocenters. The van der Waals surface area contributed by atoms with Crippen molar-refractivity contribution in [3.8, 4) is 0 Å². The van der Waals surface area contributed by atoms with Gasteiger partial charge in [-0.2, -0.15) is 0 Å². The molecule has 1 aromatic rings. The van der Waals surface area contributed by atoms with Gasteiger partial charge >= 0.3 is 0 Å². The van der Waals surface area contributed by atoms with Gasteiger partial charge in [-0.25, -0.2) is 4.98 Å². The van der Waals surface area contributed by atoms with Crippen LogP contribution in [0, 0.1) is 5.92 Å². The van der Waals surface area contributed by atoms with Crippen LogP contribution < -0.4 is 5.73 Å². The highest BCUT2D eigenvalue weighted by atomic mass is 15.1. The summed E-state index contributed by atoms with van der Waals surface area (Å²) in [5, 5.41) is 0. The first kappa shape index (κ1) is 12.5. The van der Waals surface area contributed by atoms with E-state index in [9.17, 15) is 0 Å². The minimum absolute atomic E-state index is 0.816. The quantitative estimate of drug-likeness (QED) is 0.871. The molecule has 0 saturated heterocycles. The molecule has 3 nitrogen and oxygen atoms in total. The topological polar surface area (TPSA) is 43.8 Å². The number of aryl methyl sites for hydroxylation is 1. The number of imidazole rings is 1. The molecule has 0 atom stereocenters. The van der Waals surface area contributed by atoms with Crippen molar-refractivity contribution in [2.24, 2.45) is 5.92 Å². The Labute approximate surface area is 104 Å². The van der Waals surface area contributed by atoms with Crippen LogP contribution in [-0.4, -0.2) is 9.55 Å². The molecule has 0 aromatic carbocycles. The van der Waals surface area contributed by atoms with E-state index in [-0.39, 0.29) is 0 Å². The Balaban J connectivity index is 2.12. The van der Waals surface area contributed by atoms with Crippen molar-refractivity contribution in [3.05, 3.63) is 11.5 Å². The molecule has 1 heterocycles. The van der Waals surface area contributed by atoms with E-state index in [0.29, 0.717) is 0 Å². The van der Waals surface area contributed by atoms with Crippen molar-refractivity contribution >= 4 is 5.82 Å². The predicted molar refractivity (Wildman–Crippen MR) is 72.0 cm³/mol. The van der Waals surface area contributed by atoms with E-state index >= 15 is 0 Å². The first-order valence-corrected chi connectivity index (χ1v) is 7.10. The molecule has 96 valence electrons. The van der Waals surface area contributed by atoms with Crippen molar-refractivity contribution in [2.45, 2.75) is 65.3 Å². The molecule has 2 rings (SSSR count). The smallest absolute Gasteiger partial charge is 0.126 e. The average molecular weight is 235 g/mol. The highest BCUT2D eigenvalue weighted by Gasteiger charge is 2.19. The maximum Gasteiger partial charge on any atom is 0.126 e. The highest BCUT2D eigenvalue weighted by Crippen LogP contribution is 2.28. The second-order valence-corrected chi connectivity index (χ2v) is 5.17. The lowest BCUT2D eigenvalue weighted by molar-refractivity contribution is 0.355. The summed E-state index contributed by atoms with van der Waals surface area (Å²) >= 11 is 0. The fourth-order valence-corrected chi connectivity index (χ4v) is 3.01. The zero-order valence-electron chi connectivity index (χ0n) is 11.2. The Morgan fingerprint density at radius 3 is 2.47 bits per heavy atom. The average Bonchev–Trinajstić information content (AvgIpc) is 2.67. The number of nitrogens with zero attached hydrogens (tertiary/aromatic N) is 2. The van der Waals surface area contributed by atoms with Gasteiger partial charge in [0.05, 0.1) is 5.69 Å². The molecule has 1 aliphatic carbocycles. The molecule has 1 aromatic heterocycles. The lowest BCUT2D eigenvalue weighted by atomic mass is 9.86. The van der Waals surface area contributed by atoms with Gasteiger partial charge in [0.25, 0.3) is 0 Å². The second kappa shape index (κ2) is 5.56. The van der Waals surface area contributed by atoms with Crippen molar-refractivity contribution in [1.29, 1.82) is 0 Å². The lowest BCUT2D eigenvalue weighted by Gasteiger charge is -2.20. The van der Waals surface area contributed by atoms with Crippen molar-refractivity contribution in [1.82, 2.24) is 9.55 Å². The van der Waals surface area contributed by atoms with Crippen LogP contribution in [0.5, 0.6) is 0 Å². The number of hydrogen-bond donors (Lipinski definition) is 1. The molecule has 0 amide bonds. The Hall–Kier alpha value is -0.990. The summed E-state index contributed by atoms with van der Waals surface area (Å²) in [6.45, 7) is 5.23. The number of nitrogens with two attached hydrogens (primary N) is 1. The van der Waals surface area contributed by atoms with E-state index in [1.165, 1.54) is 32.1 Å². The van der Waals surface area contributed by atoms with E-state index in [0.717, 1.165) is 42.6 Å². The highest BCUT2D eigenvalue weighted by molar-refractivity contribution is 5.38. The Morgan fingerprint density at radius 2 is 1.94 bits per heavy atom. The number of anilines is 1. The van der Waals surface area contributed by atoms with Crippen molar-refractivity contribution in [2.75, 3.05) is 5.73 Å². The summed E-state index contributed by atoms with van der Waals surface area (Å²) in [4.78, 5) is 4.73. The summed E-state index contributed by atoms with van der Waals surface area (Å²) in [6, 6.07) is 0. The third-order valence-corrected chi connectivity index (χ3v) is 4.00. The maximum absolute atomic E-state index is 6.21. The fourth-order valence-electron chi connectivity index (χ4n) is 3.01. The number of aromatic nitrogens is 2. The van der Waals surface area contributed by atoms with E-state index in [1.54, 1.807) is 0 Å². The molecule has 1 aliphatic rings. The summed E-state index contributed by atoms with van der Waals surface area (Å²) in [5.41, 5.74) is 7.36. The lowest BCUT2D eigenvalue weighted by Crippen LogP contribution is -2.11. The fraction of sp³-hybridized carbons (Fsp3) is 0.786. The van der Waals surface area contributed by atoms with Crippen LogP contribution in [0.4, 0.5) is 5.82 Å². The van der Waals surface area contributed by atoms with Gasteiger partial charge in [-0.05, 0) is 19.3 Å². The standard InChI is InChI=1S/C14H25N3/c1-3-13-16-12(14(15)17(13)4-2)10-11-8-6-5-7-9-11/h11H,3-10,15H2,1-2H3. The summed E-state index contributed by atoms with van der Waals surface area (Å²) in [6.07, 6.45) is 8.98. The molecule has 1 saturated carbocycles. The normalized spacial score (nSPS) is 17.5. The van der Waals surface area contributed by atoms with Crippen LogP contribution in [0.25, 0.3) is 0 Å². The predicted octanol–water partition coefficient (Wildman–Crippen LogP) is 3.17. The van der Waals surface area contributed by atoms with Crippen molar-refractivity contribution < 1.29 is 0 Å². The van der Waals surface area contributed by atoms with Gasteiger partial charge in [0.1, 0.15) is 11.6 Å². The monoisotopic (exact) mass is 235 g/mol. The van der Waals surface area contributed by atoms with Gasteiger partial charge in [0.15, 0.2) is 0 Å². The number of hydrogen-bond acceptors (Lipinski definition) is 2. The zero-order chi connectivity index (χ0) is 12.3. The first-order chi connectivity index (χ1) is 8.26. The Kier molecular flexibility index (Phi) is 4.08. The number of nitrogen functional groups attached to an aromatic ring is 1. The van der Waals surface area contributed by atoms with E-state index in [2.05, 4.69) is 18.4 Å². The molecule has 0 spiro atoms. The van der Waals surface area contributed by atoms with Gasteiger partial charge in [-0.1, -0.05) is 39.0 Å². The molecular weight excluding hydrogens is 210 g/mol. The van der Waals surface area contributed by atoms with E-state index in [1.807, 2.05) is 0 Å². The van der Waals surface area contributed by atoms with Crippen LogP contribution in [0.15, 0.2) is 0 Å². The van der Waals surface area contributed by atoms with Crippen molar-refractivity contribution in [3.63, 3.8) is 0 Å². The van der Waals surface area contributed by atoms with Crippen LogP contribution in [-0.2, 0) is 19.4 Å². The Bertz CT molecular complexity index is 362. The number of rotatable bonds is 4. The molecule has 0 radical (unpaired) electrons. The van der Waals surface area contributed by atoms with E-state index < -0.39 is 0 Å². The van der Waals surface area contributed by atoms with E-state index in [4.69, 9.17) is 10.7 Å². The van der Waals surface area contributed by atoms with Crippen LogP contribution >= 0.6 is 0 Å². The minimum atomic E-state index is 0.816. The molecule has 17 heavy (non-hydrogen) atoms. The molecule has 0 aliphatic heterocycles.